The van der Waals surface area contributed by atoms with Crippen LogP contribution in [0, 0.1) is 5.82 Å². The van der Waals surface area contributed by atoms with Crippen molar-refractivity contribution in [3.63, 3.8) is 0 Å². The highest BCUT2D eigenvalue weighted by Gasteiger charge is 2.07. The molecule has 0 aromatic heterocycles. The fraction of sp³-hybridized carbons (Fsp3) is 0.273. The van der Waals surface area contributed by atoms with Gasteiger partial charge in [-0.05, 0) is 30.2 Å². The summed E-state index contributed by atoms with van der Waals surface area (Å²) in [7, 11) is 0. The van der Waals surface area contributed by atoms with Crippen molar-refractivity contribution in [3.8, 4) is 0 Å². The van der Waals surface area contributed by atoms with Gasteiger partial charge in [0, 0.05) is 11.4 Å². The molecule has 1 nitrogen and oxygen atoms in total. The Labute approximate surface area is 87.8 Å². The van der Waals surface area contributed by atoms with Crippen molar-refractivity contribution >= 4 is 11.6 Å². The Morgan fingerprint density at radius 3 is 2.93 bits per heavy atom. The number of aliphatic hydroxyl groups excluding tert-OH is 1. The zero-order valence-corrected chi connectivity index (χ0v) is 8.47. The number of hydrogen-bond acceptors (Lipinski definition) is 1. The van der Waals surface area contributed by atoms with Crippen LogP contribution in [0.4, 0.5) is 4.39 Å². The minimum atomic E-state index is -0.549. The molecule has 0 amide bonds. The first-order valence-corrected chi connectivity index (χ1v) is 4.74. The zero-order chi connectivity index (χ0) is 10.6. The molecule has 0 aliphatic carbocycles. The molecule has 0 saturated heterocycles. The van der Waals surface area contributed by atoms with Gasteiger partial charge in [0.2, 0.25) is 0 Å². The van der Waals surface area contributed by atoms with E-state index in [9.17, 15) is 9.50 Å². The Balaban J connectivity index is 2.74. The average molecular weight is 215 g/mol. The Morgan fingerprint density at radius 1 is 1.57 bits per heavy atom. The van der Waals surface area contributed by atoms with Crippen LogP contribution in [0.3, 0.4) is 0 Å². The molecule has 0 spiro atoms. The summed E-state index contributed by atoms with van der Waals surface area (Å²) in [5.41, 5.74) is 0.626. The van der Waals surface area contributed by atoms with E-state index in [0.29, 0.717) is 23.4 Å². The maximum atomic E-state index is 12.8. The molecule has 0 bridgehead atoms. The van der Waals surface area contributed by atoms with Gasteiger partial charge in [-0.15, -0.1) is 6.58 Å². The summed E-state index contributed by atoms with van der Waals surface area (Å²) < 4.78 is 12.8. The molecule has 0 saturated carbocycles. The summed E-state index contributed by atoms with van der Waals surface area (Å²) >= 11 is 5.84. The summed E-state index contributed by atoms with van der Waals surface area (Å²) in [5.74, 6) is -0.338. The van der Waals surface area contributed by atoms with Gasteiger partial charge < -0.3 is 5.11 Å². The van der Waals surface area contributed by atoms with Gasteiger partial charge in [-0.3, -0.25) is 0 Å². The molecule has 1 N–H and O–H groups in total. The molecule has 1 unspecified atom stereocenters. The average Bonchev–Trinajstić information content (AvgIpc) is 2.12. The zero-order valence-electron chi connectivity index (χ0n) is 7.71. The van der Waals surface area contributed by atoms with Gasteiger partial charge in [0.1, 0.15) is 5.82 Å². The van der Waals surface area contributed by atoms with Crippen LogP contribution >= 0.6 is 11.6 Å². The number of halogens is 2. The fourth-order valence-corrected chi connectivity index (χ4v) is 1.42. The highest BCUT2D eigenvalue weighted by atomic mass is 35.5. The summed E-state index contributed by atoms with van der Waals surface area (Å²) in [6.07, 6.45) is 1.90. The lowest BCUT2D eigenvalue weighted by Crippen LogP contribution is -2.09. The van der Waals surface area contributed by atoms with Crippen molar-refractivity contribution < 1.29 is 9.50 Å². The Hall–Kier alpha value is -0.860. The second kappa shape index (κ2) is 5.13. The molecular formula is C11H12ClFO. The number of hydrogen-bond donors (Lipinski definition) is 1. The van der Waals surface area contributed by atoms with Crippen LogP contribution in [0.1, 0.15) is 12.0 Å². The molecule has 0 aliphatic heterocycles. The lowest BCUT2D eigenvalue weighted by atomic mass is 10.1. The monoisotopic (exact) mass is 214 g/mol. The molecule has 1 atom stereocenters. The third-order valence-electron chi connectivity index (χ3n) is 1.90. The standard InChI is InChI=1S/C11H12ClFO/c1-2-3-10(14)7-8-6-9(13)4-5-11(8)12/h2,4-6,10,14H,1,3,7H2. The predicted octanol–water partition coefficient (Wildman–Crippen LogP) is 2.96. The van der Waals surface area contributed by atoms with Crippen LogP contribution in [0.5, 0.6) is 0 Å². The summed E-state index contributed by atoms with van der Waals surface area (Å²) in [6.45, 7) is 3.52. The van der Waals surface area contributed by atoms with Gasteiger partial charge in [-0.1, -0.05) is 17.7 Å². The highest BCUT2D eigenvalue weighted by molar-refractivity contribution is 6.31. The number of rotatable bonds is 4. The first-order valence-electron chi connectivity index (χ1n) is 4.36. The van der Waals surface area contributed by atoms with E-state index in [1.165, 1.54) is 18.2 Å². The second-order valence-corrected chi connectivity index (χ2v) is 3.53. The minimum absolute atomic E-state index is 0.338. The molecule has 0 heterocycles. The van der Waals surface area contributed by atoms with Gasteiger partial charge in [-0.2, -0.15) is 0 Å². The van der Waals surface area contributed by atoms with Crippen LogP contribution in [-0.2, 0) is 6.42 Å². The normalized spacial score (nSPS) is 12.5. The van der Waals surface area contributed by atoms with Crippen LogP contribution in [0.15, 0.2) is 30.9 Å². The molecule has 1 aromatic rings. The Bertz CT molecular complexity index is 325. The van der Waals surface area contributed by atoms with E-state index >= 15 is 0 Å². The Kier molecular flexibility index (Phi) is 4.11. The van der Waals surface area contributed by atoms with Crippen molar-refractivity contribution in [1.29, 1.82) is 0 Å². The molecule has 0 radical (unpaired) electrons. The highest BCUT2D eigenvalue weighted by Crippen LogP contribution is 2.19. The van der Waals surface area contributed by atoms with Crippen LogP contribution in [-0.4, -0.2) is 11.2 Å². The van der Waals surface area contributed by atoms with E-state index in [4.69, 9.17) is 11.6 Å². The molecule has 76 valence electrons. The van der Waals surface area contributed by atoms with Crippen molar-refractivity contribution in [1.82, 2.24) is 0 Å². The summed E-state index contributed by atoms with van der Waals surface area (Å²) in [6, 6.07) is 4.13. The third kappa shape index (κ3) is 3.13. The van der Waals surface area contributed by atoms with Crippen molar-refractivity contribution in [3.05, 3.63) is 47.3 Å². The first-order chi connectivity index (χ1) is 6.63. The Morgan fingerprint density at radius 2 is 2.29 bits per heavy atom. The van der Waals surface area contributed by atoms with Gasteiger partial charge in [0.05, 0.1) is 6.10 Å². The lowest BCUT2D eigenvalue weighted by Gasteiger charge is -2.09. The van der Waals surface area contributed by atoms with E-state index in [-0.39, 0.29) is 5.82 Å². The van der Waals surface area contributed by atoms with E-state index in [1.807, 2.05) is 0 Å². The molecule has 3 heteroatoms. The topological polar surface area (TPSA) is 20.2 Å². The molecular weight excluding hydrogens is 203 g/mol. The van der Waals surface area contributed by atoms with E-state index < -0.39 is 6.10 Å². The van der Waals surface area contributed by atoms with Gasteiger partial charge in [-0.25, -0.2) is 4.39 Å². The first kappa shape index (κ1) is 11.2. The van der Waals surface area contributed by atoms with Crippen LogP contribution in [0.2, 0.25) is 5.02 Å². The van der Waals surface area contributed by atoms with Crippen molar-refractivity contribution in [2.45, 2.75) is 18.9 Å². The SMILES string of the molecule is C=CCC(O)Cc1cc(F)ccc1Cl. The van der Waals surface area contributed by atoms with Crippen LogP contribution < -0.4 is 0 Å². The second-order valence-electron chi connectivity index (χ2n) is 3.12. The quantitative estimate of drug-likeness (QED) is 0.765. The maximum Gasteiger partial charge on any atom is 0.123 e. The maximum absolute atomic E-state index is 12.8. The van der Waals surface area contributed by atoms with Gasteiger partial charge in [0.15, 0.2) is 0 Å². The molecule has 1 rings (SSSR count). The smallest absolute Gasteiger partial charge is 0.123 e. The molecule has 14 heavy (non-hydrogen) atoms. The largest absolute Gasteiger partial charge is 0.392 e. The van der Waals surface area contributed by atoms with Crippen molar-refractivity contribution in [2.75, 3.05) is 0 Å². The molecule has 0 aliphatic rings. The summed E-state index contributed by atoms with van der Waals surface area (Å²) in [4.78, 5) is 0. The minimum Gasteiger partial charge on any atom is -0.392 e. The lowest BCUT2D eigenvalue weighted by molar-refractivity contribution is 0.178. The van der Waals surface area contributed by atoms with Gasteiger partial charge >= 0.3 is 0 Å². The van der Waals surface area contributed by atoms with Crippen molar-refractivity contribution in [2.24, 2.45) is 0 Å². The molecule has 0 fully saturated rings. The third-order valence-corrected chi connectivity index (χ3v) is 2.27. The van der Waals surface area contributed by atoms with Crippen LogP contribution in [0.25, 0.3) is 0 Å². The number of aliphatic hydroxyl groups is 1. The predicted molar refractivity (Wildman–Crippen MR) is 55.9 cm³/mol. The number of benzene rings is 1. The van der Waals surface area contributed by atoms with E-state index in [0.717, 1.165) is 0 Å². The van der Waals surface area contributed by atoms with Gasteiger partial charge in [0.25, 0.3) is 0 Å². The van der Waals surface area contributed by atoms with E-state index in [1.54, 1.807) is 6.08 Å². The molecule has 1 aromatic carbocycles. The van der Waals surface area contributed by atoms with E-state index in [2.05, 4.69) is 6.58 Å². The fourth-order valence-electron chi connectivity index (χ4n) is 1.23. The summed E-state index contributed by atoms with van der Waals surface area (Å²) in [5, 5.41) is 9.95.